The van der Waals surface area contributed by atoms with E-state index in [0.29, 0.717) is 114 Å². The van der Waals surface area contributed by atoms with E-state index in [9.17, 15) is 37.9 Å². The summed E-state index contributed by atoms with van der Waals surface area (Å²) in [4.78, 5) is 88.7. The number of aromatic nitrogens is 2. The van der Waals surface area contributed by atoms with Gasteiger partial charge in [-0.3, -0.25) is 28.9 Å². The minimum atomic E-state index is -0.656. The minimum Gasteiger partial charge on any atom is -0.387 e. The standard InChI is InChI=1S/C66H87ClF2N12O7/c1-44-33-55(82)60-58(44)61(74-43-73-60)78-29-31-79(32-30-78)63(86)53(45-12-15-51(67)16-13-45)37-70-22-23-72-56(83)38-75-65-18-20-66(21-19-65,88-42-65)41-77-25-27-80(28-26-77)64(87)59(46-7-3-2-4-8-46)76-62(85)48-10-5-9-47(34-48)50-11-6-24-81(40-50)57(84)39-71-36-49-14-17-52(68)35-54(49)69/h5,9-10,12-17,34-35,43-44,46,50,53,55,59,70-71,75,82H,2-4,6-8,11,18-33,36-42H2,1H3,(H,72,83)(H,76,85)/t44-,50?,53-,55-,59-,65?,66?/m1/s1. The number of nitrogens with one attached hydrogen (secondary N) is 5. The Balaban J connectivity index is 0.598. The van der Waals surface area contributed by atoms with Crippen molar-refractivity contribution in [2.45, 2.75) is 132 Å². The van der Waals surface area contributed by atoms with Crippen molar-refractivity contribution in [3.05, 3.63) is 123 Å². The van der Waals surface area contributed by atoms with Crippen molar-refractivity contribution in [1.82, 2.24) is 56.2 Å². The largest absolute Gasteiger partial charge is 0.387 e. The molecule has 6 N–H and O–H groups in total. The van der Waals surface area contributed by atoms with Crippen LogP contribution in [0.1, 0.15) is 146 Å². The monoisotopic (exact) mass is 1230 g/mol. The summed E-state index contributed by atoms with van der Waals surface area (Å²) in [7, 11) is 0. The Bertz CT molecular complexity index is 3080. The summed E-state index contributed by atoms with van der Waals surface area (Å²) in [5.41, 5.74) is 3.76. The molecule has 0 spiro atoms. The van der Waals surface area contributed by atoms with Crippen LogP contribution in [0.15, 0.2) is 73.1 Å². The van der Waals surface area contributed by atoms with Gasteiger partial charge in [-0.05, 0) is 111 Å². The van der Waals surface area contributed by atoms with E-state index in [0.717, 1.165) is 106 Å². The van der Waals surface area contributed by atoms with Crippen LogP contribution < -0.4 is 31.5 Å². The lowest BCUT2D eigenvalue weighted by atomic mass is 9.71. The van der Waals surface area contributed by atoms with E-state index in [2.05, 4.69) is 53.3 Å². The molecule has 7 fully saturated rings. The molecule has 19 nitrogen and oxygen atoms in total. The van der Waals surface area contributed by atoms with Crippen molar-refractivity contribution in [1.29, 1.82) is 0 Å². The van der Waals surface area contributed by atoms with Crippen molar-refractivity contribution in [3.63, 3.8) is 0 Å². The molecule has 2 bridgehead atoms. The molecular formula is C66H87ClF2N12O7. The number of piperidine rings is 1. The van der Waals surface area contributed by atoms with Gasteiger partial charge in [0.05, 0.1) is 43.0 Å². The number of piperazine rings is 2. The molecule has 0 radical (unpaired) electrons. The Labute approximate surface area is 520 Å². The summed E-state index contributed by atoms with van der Waals surface area (Å²) in [6, 6.07) is 17.8. The number of hydrogen-bond donors (Lipinski definition) is 6. The third-order valence-electron chi connectivity index (χ3n) is 20.0. The first-order valence-corrected chi connectivity index (χ1v) is 32.5. The van der Waals surface area contributed by atoms with Crippen LogP contribution in [0.3, 0.4) is 0 Å². The van der Waals surface area contributed by atoms with Crippen molar-refractivity contribution >= 4 is 47.0 Å². The van der Waals surface area contributed by atoms with Gasteiger partial charge in [-0.25, -0.2) is 18.7 Å². The van der Waals surface area contributed by atoms with E-state index in [4.69, 9.17) is 16.3 Å². The number of amides is 5. The number of fused-ring (bicyclic) bond motifs is 4. The number of aliphatic hydroxyl groups is 1. The van der Waals surface area contributed by atoms with E-state index >= 15 is 0 Å². The molecule has 88 heavy (non-hydrogen) atoms. The average molecular weight is 1230 g/mol. The maximum Gasteiger partial charge on any atom is 0.251 e. The zero-order valence-electron chi connectivity index (χ0n) is 50.8. The molecule has 1 aromatic heterocycles. The Hall–Kier alpha value is -6.20. The fourth-order valence-corrected chi connectivity index (χ4v) is 14.8. The number of carbonyl (C=O) groups is 5. The lowest BCUT2D eigenvalue weighted by Gasteiger charge is -2.55. The summed E-state index contributed by atoms with van der Waals surface area (Å²) in [5, 5.41) is 27.4. The first-order chi connectivity index (χ1) is 42.6. The predicted octanol–water partition coefficient (Wildman–Crippen LogP) is 5.78. The van der Waals surface area contributed by atoms with Gasteiger partial charge in [0.15, 0.2) is 0 Å². The topological polar surface area (TPSA) is 217 Å². The second-order valence-corrected chi connectivity index (χ2v) is 26.3. The SMILES string of the molecule is C[C@@H]1C[C@@H](O)c2ncnc(N3CCN(C(=O)[C@H](CNCCNC(=O)CNC45CCC(CN6CCN(C(=O)[C@H](NC(=O)c7cccc(C8CCCN(C(=O)CNCc9ccc(F)cc9F)C8)c7)C7CCCCC7)CC6)(CC4)OC5)c4ccc(Cl)cc4)CC3)c21. The maximum atomic E-state index is 14.6. The van der Waals surface area contributed by atoms with Gasteiger partial charge < -0.3 is 56.0 Å². The molecule has 5 saturated heterocycles. The third-order valence-corrected chi connectivity index (χ3v) is 20.2. The van der Waals surface area contributed by atoms with E-state index in [-0.39, 0.29) is 83.6 Å². The van der Waals surface area contributed by atoms with Gasteiger partial charge in [-0.1, -0.05) is 68.1 Å². The third kappa shape index (κ3) is 15.2. The van der Waals surface area contributed by atoms with Crippen LogP contribution in [0.4, 0.5) is 14.6 Å². The molecule has 22 heteroatoms. The highest BCUT2D eigenvalue weighted by atomic mass is 35.5. The molecule has 2 saturated carbocycles. The quantitative estimate of drug-likeness (QED) is 0.0515. The fourth-order valence-electron chi connectivity index (χ4n) is 14.7. The van der Waals surface area contributed by atoms with Gasteiger partial charge in [0.2, 0.25) is 23.6 Å². The highest BCUT2D eigenvalue weighted by molar-refractivity contribution is 6.30. The van der Waals surface area contributed by atoms with Gasteiger partial charge in [0.25, 0.3) is 5.91 Å². The number of nitrogens with zero attached hydrogens (tertiary/aromatic N) is 7. The van der Waals surface area contributed by atoms with Crippen LogP contribution in [0.2, 0.25) is 5.02 Å². The summed E-state index contributed by atoms with van der Waals surface area (Å²) in [6.45, 7) is 10.9. The van der Waals surface area contributed by atoms with E-state index in [1.54, 1.807) is 23.1 Å². The van der Waals surface area contributed by atoms with Crippen molar-refractivity contribution in [2.24, 2.45) is 5.92 Å². The number of carbonyl (C=O) groups excluding carboxylic acids is 5. The number of aliphatic hydroxyl groups excluding tert-OH is 1. The second kappa shape index (κ2) is 28.7. The van der Waals surface area contributed by atoms with Gasteiger partial charge in [0.1, 0.15) is 29.8 Å². The number of ether oxygens (including phenoxy) is 1. The highest BCUT2D eigenvalue weighted by Crippen LogP contribution is 2.45. The second-order valence-electron chi connectivity index (χ2n) is 25.8. The average Bonchev–Trinajstić information content (AvgIpc) is 1.41. The molecule has 5 amide bonds. The fraction of sp³-hybridized carbons (Fsp3) is 0.591. The number of benzene rings is 3. The van der Waals surface area contributed by atoms with Crippen molar-refractivity contribution < 1.29 is 42.6 Å². The molecule has 6 heterocycles. The number of hydrogen-bond acceptors (Lipinski definition) is 14. The van der Waals surface area contributed by atoms with Gasteiger partial charge in [-0.2, -0.15) is 0 Å². The number of anilines is 1. The Morgan fingerprint density at radius 3 is 2.27 bits per heavy atom. The normalized spacial score (nSPS) is 24.9. The molecule has 5 atom stereocenters. The number of likely N-dealkylation sites (tertiary alicyclic amines) is 1. The predicted molar refractivity (Wildman–Crippen MR) is 331 cm³/mol. The zero-order chi connectivity index (χ0) is 61.4. The zero-order valence-corrected chi connectivity index (χ0v) is 51.5. The van der Waals surface area contributed by atoms with Crippen LogP contribution in [0.5, 0.6) is 0 Å². The Kier molecular flexibility index (Phi) is 20.7. The molecule has 1 unspecified atom stereocenters. The number of halogens is 3. The van der Waals surface area contributed by atoms with E-state index in [1.807, 2.05) is 40.1 Å². The Morgan fingerprint density at radius 1 is 0.784 bits per heavy atom. The molecule has 3 aromatic carbocycles. The van der Waals surface area contributed by atoms with Gasteiger partial charge >= 0.3 is 0 Å². The summed E-state index contributed by atoms with van der Waals surface area (Å²) in [5.74, 6) is -1.15. The molecule has 3 aliphatic carbocycles. The molecular weight excluding hydrogens is 1150 g/mol. The molecule has 8 aliphatic rings. The summed E-state index contributed by atoms with van der Waals surface area (Å²) >= 11 is 6.26. The first kappa shape index (κ1) is 63.4. The maximum absolute atomic E-state index is 14.6. The molecule has 12 rings (SSSR count). The van der Waals surface area contributed by atoms with Gasteiger partial charge in [0, 0.05) is 137 Å². The highest BCUT2D eigenvalue weighted by Gasteiger charge is 2.51. The number of rotatable bonds is 22. The van der Waals surface area contributed by atoms with E-state index in [1.165, 1.54) is 18.5 Å². The van der Waals surface area contributed by atoms with Crippen LogP contribution >= 0.6 is 11.6 Å². The van der Waals surface area contributed by atoms with Crippen LogP contribution in [-0.4, -0.2) is 193 Å². The van der Waals surface area contributed by atoms with E-state index < -0.39 is 29.7 Å². The lowest BCUT2D eigenvalue weighted by Crippen LogP contribution is -2.66. The van der Waals surface area contributed by atoms with Gasteiger partial charge in [-0.15, -0.1) is 0 Å². The smallest absolute Gasteiger partial charge is 0.251 e. The Morgan fingerprint density at radius 2 is 1.53 bits per heavy atom. The lowest BCUT2D eigenvalue weighted by molar-refractivity contribution is -0.173. The summed E-state index contributed by atoms with van der Waals surface area (Å²) in [6.07, 6.45) is 11.7. The summed E-state index contributed by atoms with van der Waals surface area (Å²) < 4.78 is 34.3. The van der Waals surface area contributed by atoms with Crippen LogP contribution in [0, 0.1) is 17.6 Å². The van der Waals surface area contributed by atoms with Crippen LogP contribution in [-0.2, 0) is 30.5 Å². The first-order valence-electron chi connectivity index (χ1n) is 32.1. The molecule has 474 valence electrons. The van der Waals surface area contributed by atoms with Crippen molar-refractivity contribution in [2.75, 3.05) is 116 Å². The van der Waals surface area contributed by atoms with Crippen molar-refractivity contribution in [3.8, 4) is 0 Å². The minimum absolute atomic E-state index is 0.0186. The van der Waals surface area contributed by atoms with Crippen LogP contribution in [0.25, 0.3) is 0 Å². The molecule has 4 aromatic rings. The molecule has 5 aliphatic heterocycles.